The highest BCUT2D eigenvalue weighted by atomic mass is 16.4. The Morgan fingerprint density at radius 1 is 0.915 bits per heavy atom. The zero-order chi connectivity index (χ0) is 33.2. The fourth-order valence-electron chi connectivity index (χ4n) is 6.51. The molecule has 3 aromatic carbocycles. The van der Waals surface area contributed by atoms with E-state index in [-0.39, 0.29) is 17.4 Å². The van der Waals surface area contributed by atoms with Crippen molar-refractivity contribution in [2.45, 2.75) is 39.3 Å². The molecule has 3 heterocycles. The molecule has 1 saturated heterocycles. The van der Waals surface area contributed by atoms with Gasteiger partial charge in [0.15, 0.2) is 6.17 Å². The molecule has 1 unspecified atom stereocenters. The van der Waals surface area contributed by atoms with Gasteiger partial charge in [-0.2, -0.15) is 0 Å². The lowest BCUT2D eigenvalue weighted by Crippen LogP contribution is -2.44. The van der Waals surface area contributed by atoms with E-state index in [1.165, 1.54) is 0 Å². The summed E-state index contributed by atoms with van der Waals surface area (Å²) >= 11 is 0. The molecule has 1 fully saturated rings. The van der Waals surface area contributed by atoms with Crippen LogP contribution in [0.1, 0.15) is 68.7 Å². The number of nitrogens with one attached hydrogen (secondary N) is 3. The molecular formula is C36H36N6O5. The topological polar surface area (TPSA) is 159 Å². The van der Waals surface area contributed by atoms with E-state index in [1.54, 1.807) is 54.8 Å². The lowest BCUT2D eigenvalue weighted by atomic mass is 10.0. The van der Waals surface area contributed by atoms with Crippen LogP contribution in [0, 0.1) is 13.8 Å². The molecule has 11 heteroatoms. The second-order valence-electron chi connectivity index (χ2n) is 11.8. The summed E-state index contributed by atoms with van der Waals surface area (Å²) in [6.45, 7) is 4.67. The Labute approximate surface area is 272 Å². The standard InChI is InChI=1S/C36H36N6O5/c1-21-30(42(22(2)31(21)36(46)47)35(32(37)43)41-16-7-4-8-17-41)20-28-27-15-14-26(19-29(27)40-34(28)45)38-24-12-9-13-25(18-24)39-33(44)23-10-5-3-6-11-23/h3,5-6,9-15,18-20,35,38H,4,7-8,16-17H2,1-2H3,(H2,37,43)(H,39,44)(H,40,45)(H,46,47). The fraction of sp³-hybridized carbons (Fsp3) is 0.222. The molecule has 0 radical (unpaired) electrons. The Morgan fingerprint density at radius 3 is 2.32 bits per heavy atom. The number of hydrogen-bond acceptors (Lipinski definition) is 6. The number of rotatable bonds is 9. The summed E-state index contributed by atoms with van der Waals surface area (Å²) < 4.78 is 1.67. The van der Waals surface area contributed by atoms with Crippen LogP contribution in [0.4, 0.5) is 22.7 Å². The number of amides is 3. The number of hydrogen-bond donors (Lipinski definition) is 5. The van der Waals surface area contributed by atoms with Gasteiger partial charge in [0.05, 0.1) is 16.8 Å². The van der Waals surface area contributed by atoms with E-state index in [0.29, 0.717) is 63.8 Å². The van der Waals surface area contributed by atoms with Crippen molar-refractivity contribution in [3.63, 3.8) is 0 Å². The van der Waals surface area contributed by atoms with Gasteiger partial charge >= 0.3 is 5.97 Å². The summed E-state index contributed by atoms with van der Waals surface area (Å²) in [5, 5.41) is 19.2. The third kappa shape index (κ3) is 6.25. The van der Waals surface area contributed by atoms with Gasteiger partial charge < -0.3 is 31.4 Å². The van der Waals surface area contributed by atoms with Gasteiger partial charge in [0.2, 0.25) is 0 Å². The Bertz CT molecular complexity index is 1920. The van der Waals surface area contributed by atoms with E-state index in [2.05, 4.69) is 16.0 Å². The Kier molecular flexibility index (Phi) is 8.64. The first-order chi connectivity index (χ1) is 22.6. The molecule has 240 valence electrons. The molecule has 47 heavy (non-hydrogen) atoms. The number of carboxylic acids is 1. The van der Waals surface area contributed by atoms with Gasteiger partial charge in [0, 0.05) is 52.7 Å². The van der Waals surface area contributed by atoms with E-state index in [9.17, 15) is 24.3 Å². The Morgan fingerprint density at radius 2 is 1.62 bits per heavy atom. The predicted octanol–water partition coefficient (Wildman–Crippen LogP) is 5.76. The van der Waals surface area contributed by atoms with E-state index >= 15 is 0 Å². The van der Waals surface area contributed by atoms with E-state index < -0.39 is 18.0 Å². The van der Waals surface area contributed by atoms with Crippen LogP contribution < -0.4 is 21.7 Å². The number of aromatic carboxylic acids is 1. The third-order valence-corrected chi connectivity index (χ3v) is 8.72. The molecule has 2 aliphatic heterocycles. The number of nitrogens with two attached hydrogens (primary N) is 1. The molecule has 0 aliphatic carbocycles. The molecule has 4 aromatic rings. The van der Waals surface area contributed by atoms with E-state index in [0.717, 1.165) is 24.9 Å². The van der Waals surface area contributed by atoms with Crippen molar-refractivity contribution in [3.8, 4) is 0 Å². The fourth-order valence-corrected chi connectivity index (χ4v) is 6.51. The average Bonchev–Trinajstić information content (AvgIpc) is 3.49. The van der Waals surface area contributed by atoms with Gasteiger partial charge in [-0.1, -0.05) is 36.8 Å². The smallest absolute Gasteiger partial charge is 0.337 e. The van der Waals surface area contributed by atoms with Crippen molar-refractivity contribution >= 4 is 58.1 Å². The summed E-state index contributed by atoms with van der Waals surface area (Å²) in [5.41, 5.74) is 11.5. The highest BCUT2D eigenvalue weighted by molar-refractivity contribution is 6.35. The summed E-state index contributed by atoms with van der Waals surface area (Å²) in [7, 11) is 0. The molecule has 1 atom stereocenters. The molecule has 0 spiro atoms. The monoisotopic (exact) mass is 632 g/mol. The molecule has 2 aliphatic rings. The van der Waals surface area contributed by atoms with Crippen molar-refractivity contribution < 1.29 is 24.3 Å². The zero-order valence-corrected chi connectivity index (χ0v) is 26.2. The molecule has 11 nitrogen and oxygen atoms in total. The number of carbonyl (C=O) groups excluding carboxylic acids is 3. The number of benzene rings is 3. The molecule has 6 N–H and O–H groups in total. The minimum absolute atomic E-state index is 0.0838. The van der Waals surface area contributed by atoms with Gasteiger partial charge in [-0.3, -0.25) is 19.3 Å². The maximum Gasteiger partial charge on any atom is 0.337 e. The number of anilines is 4. The van der Waals surface area contributed by atoms with Crippen molar-refractivity contribution in [2.75, 3.05) is 29.0 Å². The van der Waals surface area contributed by atoms with Crippen LogP contribution in [0.25, 0.3) is 11.6 Å². The number of nitrogens with zero attached hydrogens (tertiary/aromatic N) is 2. The molecular weight excluding hydrogens is 596 g/mol. The lowest BCUT2D eigenvalue weighted by molar-refractivity contribution is -0.127. The first-order valence-electron chi connectivity index (χ1n) is 15.5. The summed E-state index contributed by atoms with van der Waals surface area (Å²) in [6, 6.07) is 21.7. The second-order valence-corrected chi connectivity index (χ2v) is 11.8. The summed E-state index contributed by atoms with van der Waals surface area (Å²) in [4.78, 5) is 53.2. The quantitative estimate of drug-likeness (QED) is 0.147. The van der Waals surface area contributed by atoms with Gasteiger partial charge in [-0.05, 0) is 80.8 Å². The maximum absolute atomic E-state index is 13.4. The van der Waals surface area contributed by atoms with Crippen LogP contribution in [-0.4, -0.2) is 51.4 Å². The first kappa shape index (κ1) is 31.3. The van der Waals surface area contributed by atoms with Crippen LogP contribution in [-0.2, 0) is 9.59 Å². The SMILES string of the molecule is Cc1c(C(=O)O)c(C)n(C(C(N)=O)N2CCCCC2)c1C=C1C(=O)Nc2cc(Nc3cccc(NC(=O)c4ccccc4)c3)ccc21. The number of likely N-dealkylation sites (tertiary alicyclic amines) is 1. The second kappa shape index (κ2) is 13.0. The molecule has 1 aromatic heterocycles. The Hall–Kier alpha value is -5.68. The summed E-state index contributed by atoms with van der Waals surface area (Å²) in [6.07, 6.45) is 3.63. The highest BCUT2D eigenvalue weighted by Gasteiger charge is 2.34. The van der Waals surface area contributed by atoms with Gasteiger partial charge in [-0.25, -0.2) is 4.79 Å². The average molecular weight is 633 g/mol. The van der Waals surface area contributed by atoms with Crippen molar-refractivity contribution in [2.24, 2.45) is 5.73 Å². The Balaban J connectivity index is 1.31. The van der Waals surface area contributed by atoms with Crippen LogP contribution in [0.15, 0.2) is 72.8 Å². The number of piperidine rings is 1. The molecule has 0 bridgehead atoms. The maximum atomic E-state index is 13.4. The molecule has 0 saturated carbocycles. The van der Waals surface area contributed by atoms with Crippen LogP contribution in [0.5, 0.6) is 0 Å². The zero-order valence-electron chi connectivity index (χ0n) is 26.2. The number of fused-ring (bicyclic) bond motifs is 1. The van der Waals surface area contributed by atoms with Crippen LogP contribution in [0.2, 0.25) is 0 Å². The number of carbonyl (C=O) groups is 4. The molecule has 3 amide bonds. The largest absolute Gasteiger partial charge is 0.478 e. The van der Waals surface area contributed by atoms with Crippen molar-refractivity contribution in [1.82, 2.24) is 9.47 Å². The van der Waals surface area contributed by atoms with Crippen LogP contribution >= 0.6 is 0 Å². The van der Waals surface area contributed by atoms with Gasteiger partial charge in [0.25, 0.3) is 17.7 Å². The van der Waals surface area contributed by atoms with Gasteiger partial charge in [-0.15, -0.1) is 0 Å². The minimum Gasteiger partial charge on any atom is -0.478 e. The van der Waals surface area contributed by atoms with Crippen LogP contribution in [0.3, 0.4) is 0 Å². The lowest BCUT2D eigenvalue weighted by Gasteiger charge is -2.35. The minimum atomic E-state index is -1.11. The number of primary amides is 1. The van der Waals surface area contributed by atoms with Crippen molar-refractivity contribution in [3.05, 3.63) is 106 Å². The van der Waals surface area contributed by atoms with E-state index in [4.69, 9.17) is 5.73 Å². The van der Waals surface area contributed by atoms with E-state index in [1.807, 2.05) is 47.4 Å². The normalized spacial score (nSPS) is 16.0. The number of aromatic nitrogens is 1. The number of carboxylic acid groups (broad SMARTS) is 1. The first-order valence-corrected chi connectivity index (χ1v) is 15.5. The summed E-state index contributed by atoms with van der Waals surface area (Å²) in [5.74, 6) is -2.27. The third-order valence-electron chi connectivity index (χ3n) is 8.72. The van der Waals surface area contributed by atoms with Gasteiger partial charge in [0.1, 0.15) is 0 Å². The molecule has 6 rings (SSSR count). The van der Waals surface area contributed by atoms with Crippen molar-refractivity contribution in [1.29, 1.82) is 0 Å². The highest BCUT2D eigenvalue weighted by Crippen LogP contribution is 2.38. The predicted molar refractivity (Wildman–Crippen MR) is 182 cm³/mol.